The summed E-state index contributed by atoms with van der Waals surface area (Å²) >= 11 is 5.64. The highest BCUT2D eigenvalue weighted by molar-refractivity contribution is 8.45. The Morgan fingerprint density at radius 2 is 1.74 bits per heavy atom. The normalized spacial score (nSPS) is 14.5. The van der Waals surface area contributed by atoms with Gasteiger partial charge in [0.2, 0.25) is 0 Å². The summed E-state index contributed by atoms with van der Waals surface area (Å²) in [7, 11) is -10.4. The van der Waals surface area contributed by atoms with Gasteiger partial charge in [0, 0.05) is 23.9 Å². The molecule has 18 heteroatoms. The van der Waals surface area contributed by atoms with Gasteiger partial charge in [0.05, 0.1) is 5.56 Å². The van der Waals surface area contributed by atoms with Crippen molar-refractivity contribution < 1.29 is 37.4 Å². The van der Waals surface area contributed by atoms with E-state index < -0.39 is 50.2 Å². The zero-order chi connectivity index (χ0) is 25.4. The Labute approximate surface area is 189 Å². The van der Waals surface area contributed by atoms with E-state index in [4.69, 9.17) is 11.6 Å². The third-order valence-corrected chi connectivity index (χ3v) is 5.11. The fourth-order valence-electron chi connectivity index (χ4n) is 2.31. The van der Waals surface area contributed by atoms with Crippen molar-refractivity contribution in [2.75, 3.05) is 5.43 Å². The van der Waals surface area contributed by atoms with Crippen LogP contribution in [-0.4, -0.2) is 30.6 Å². The minimum absolute atomic E-state index is 0.0836. The van der Waals surface area contributed by atoms with Crippen LogP contribution >= 0.6 is 21.8 Å². The van der Waals surface area contributed by atoms with Gasteiger partial charge >= 0.3 is 16.4 Å². The summed E-state index contributed by atoms with van der Waals surface area (Å²) in [5, 5.41) is 3.67. The van der Waals surface area contributed by atoms with Crippen LogP contribution in [0, 0.1) is 0 Å². The van der Waals surface area contributed by atoms with Crippen LogP contribution in [0.25, 0.3) is 17.6 Å². The van der Waals surface area contributed by atoms with Crippen LogP contribution in [0.5, 0.6) is 0 Å². The summed E-state index contributed by atoms with van der Waals surface area (Å²) in [5.74, 6) is -1.38. The number of carbonyl (C=O) groups excluding carboxylic acids is 1. The van der Waals surface area contributed by atoms with Crippen molar-refractivity contribution in [2.24, 2.45) is 0 Å². The van der Waals surface area contributed by atoms with Crippen molar-refractivity contribution in [2.45, 2.75) is 11.1 Å². The standard InChI is InChI=1S/C16H10ClF8N7OS/c17-12-6-13(27-7-26-12)29-30-14(33)1-2-32-8-28-15(31-32)9-3-10(16(18,19)20)5-11(4-9)34(21,22,23,24)25/h1-8H,(H,30,33)(H,26,27,29)/b2-1-. The van der Waals surface area contributed by atoms with E-state index in [1.54, 1.807) is 0 Å². The van der Waals surface area contributed by atoms with E-state index in [2.05, 4.69) is 30.9 Å². The Hall–Kier alpha value is -3.47. The summed E-state index contributed by atoms with van der Waals surface area (Å²) in [6, 6.07) is 0.624. The number of halogens is 9. The number of alkyl halides is 3. The van der Waals surface area contributed by atoms with Crippen molar-refractivity contribution in [3.8, 4) is 11.4 Å². The summed E-state index contributed by atoms with van der Waals surface area (Å²) in [4.78, 5) is 19.9. The number of hydrogen-bond acceptors (Lipinski definition) is 6. The molecule has 3 aromatic rings. The molecule has 2 aromatic heterocycles. The average molecular weight is 536 g/mol. The molecule has 0 saturated carbocycles. The quantitative estimate of drug-likeness (QED) is 0.182. The van der Waals surface area contributed by atoms with Gasteiger partial charge in [-0.15, -0.1) is 5.10 Å². The molecular weight excluding hydrogens is 526 g/mol. The second-order valence-electron chi connectivity index (χ2n) is 6.42. The van der Waals surface area contributed by atoms with Crippen LogP contribution in [0.4, 0.5) is 38.4 Å². The number of hydrogen-bond donors (Lipinski definition) is 2. The average Bonchev–Trinajstić information content (AvgIpc) is 3.17. The monoisotopic (exact) mass is 535 g/mol. The molecule has 0 atom stereocenters. The van der Waals surface area contributed by atoms with Gasteiger partial charge in [-0.25, -0.2) is 19.6 Å². The van der Waals surface area contributed by atoms with Crippen LogP contribution in [-0.2, 0) is 11.0 Å². The molecule has 1 aromatic carbocycles. The Balaban J connectivity index is 1.83. The Bertz CT molecular complexity index is 1280. The predicted octanol–water partition coefficient (Wildman–Crippen LogP) is 5.68. The molecule has 0 aliphatic carbocycles. The number of anilines is 1. The summed E-state index contributed by atoms with van der Waals surface area (Å²) in [6.45, 7) is 0. The molecule has 0 bridgehead atoms. The zero-order valence-electron chi connectivity index (χ0n) is 16.1. The van der Waals surface area contributed by atoms with Crippen LogP contribution in [0.15, 0.2) is 47.9 Å². The van der Waals surface area contributed by atoms with Gasteiger partial charge < -0.3 is 0 Å². The van der Waals surface area contributed by atoms with E-state index in [1.165, 1.54) is 6.07 Å². The highest BCUT2D eigenvalue weighted by Gasteiger charge is 2.66. The lowest BCUT2D eigenvalue weighted by Gasteiger charge is -2.40. The minimum atomic E-state index is -10.4. The number of rotatable bonds is 6. The number of carbonyl (C=O) groups is 1. The molecule has 34 heavy (non-hydrogen) atoms. The topological polar surface area (TPSA) is 97.6 Å². The van der Waals surface area contributed by atoms with Crippen LogP contribution in [0.2, 0.25) is 5.15 Å². The molecule has 0 aliphatic heterocycles. The first-order valence-electron chi connectivity index (χ1n) is 8.50. The second-order valence-corrected chi connectivity index (χ2v) is 9.21. The van der Waals surface area contributed by atoms with E-state index in [9.17, 15) is 37.4 Å². The molecule has 1 amide bonds. The van der Waals surface area contributed by atoms with Crippen LogP contribution in [0.3, 0.4) is 0 Å². The summed E-state index contributed by atoms with van der Waals surface area (Å²) in [6.07, 6.45) is -1.61. The fraction of sp³-hybridized carbons (Fsp3) is 0.0625. The molecule has 0 aliphatic rings. The van der Waals surface area contributed by atoms with E-state index in [0.717, 1.165) is 29.6 Å². The first kappa shape index (κ1) is 25.2. The van der Waals surface area contributed by atoms with Crippen LogP contribution in [0.1, 0.15) is 5.56 Å². The van der Waals surface area contributed by atoms with Gasteiger partial charge in [0.1, 0.15) is 28.5 Å². The van der Waals surface area contributed by atoms with E-state index in [-0.39, 0.29) is 23.1 Å². The van der Waals surface area contributed by atoms with E-state index in [0.29, 0.717) is 0 Å². The number of nitrogens with one attached hydrogen (secondary N) is 2. The summed E-state index contributed by atoms with van der Waals surface area (Å²) < 4.78 is 106. The Kier molecular flexibility index (Phi) is 5.77. The third-order valence-electron chi connectivity index (χ3n) is 3.77. The molecule has 3 rings (SSSR count). The molecule has 0 unspecified atom stereocenters. The van der Waals surface area contributed by atoms with Crippen molar-refractivity contribution in [3.05, 3.63) is 53.7 Å². The first-order valence-corrected chi connectivity index (χ1v) is 10.8. The predicted molar refractivity (Wildman–Crippen MR) is 106 cm³/mol. The molecule has 0 spiro atoms. The molecule has 2 heterocycles. The lowest BCUT2D eigenvalue weighted by molar-refractivity contribution is -0.137. The van der Waals surface area contributed by atoms with Gasteiger partial charge in [0.15, 0.2) is 5.82 Å². The van der Waals surface area contributed by atoms with Crippen molar-refractivity contribution in [3.63, 3.8) is 0 Å². The first-order chi connectivity index (χ1) is 15.4. The number of hydrazine groups is 1. The molecule has 0 saturated heterocycles. The van der Waals surface area contributed by atoms with Crippen LogP contribution < -0.4 is 10.9 Å². The maximum absolute atomic E-state index is 13.2. The highest BCUT2D eigenvalue weighted by Crippen LogP contribution is 3.02. The van der Waals surface area contributed by atoms with Gasteiger partial charge in [-0.05, 0) is 18.2 Å². The molecule has 0 fully saturated rings. The lowest BCUT2D eigenvalue weighted by Crippen LogP contribution is -2.28. The van der Waals surface area contributed by atoms with Gasteiger partial charge in [-0.3, -0.25) is 15.6 Å². The second kappa shape index (κ2) is 7.79. The van der Waals surface area contributed by atoms with Crippen molar-refractivity contribution in [1.29, 1.82) is 0 Å². The smallest absolute Gasteiger partial charge is 0.281 e. The molecular formula is C16H10ClF8N7OS. The van der Waals surface area contributed by atoms with E-state index in [1.807, 2.05) is 0 Å². The Morgan fingerprint density at radius 3 is 2.35 bits per heavy atom. The highest BCUT2D eigenvalue weighted by atomic mass is 35.5. The number of nitrogens with zero attached hydrogens (tertiary/aromatic N) is 5. The minimum Gasteiger partial charge on any atom is -0.281 e. The Morgan fingerprint density at radius 1 is 1.03 bits per heavy atom. The zero-order valence-corrected chi connectivity index (χ0v) is 17.6. The van der Waals surface area contributed by atoms with Gasteiger partial charge in [0.25, 0.3) is 5.91 Å². The number of aromatic nitrogens is 5. The SMILES string of the molecule is O=C(/C=C\n1cnc(-c2cc(C(F)(F)F)cc(S(F)(F)(F)(F)F)c2)n1)NNc1cc(Cl)ncn1. The summed E-state index contributed by atoms with van der Waals surface area (Å²) in [5.41, 5.74) is 1.64. The van der Waals surface area contributed by atoms with E-state index >= 15 is 0 Å². The molecule has 0 radical (unpaired) electrons. The maximum Gasteiger partial charge on any atom is 0.416 e. The third kappa shape index (κ3) is 6.53. The van der Waals surface area contributed by atoms with Crippen molar-refractivity contribution >= 4 is 39.7 Å². The number of amides is 1. The molecule has 184 valence electrons. The number of benzene rings is 1. The van der Waals surface area contributed by atoms with Gasteiger partial charge in [-0.2, -0.15) is 13.2 Å². The maximum atomic E-state index is 13.2. The van der Waals surface area contributed by atoms with Crippen molar-refractivity contribution in [1.82, 2.24) is 30.2 Å². The lowest BCUT2D eigenvalue weighted by atomic mass is 10.1. The molecule has 8 nitrogen and oxygen atoms in total. The largest absolute Gasteiger partial charge is 0.416 e. The van der Waals surface area contributed by atoms with Gasteiger partial charge in [-0.1, -0.05) is 31.0 Å². The molecule has 2 N–H and O–H groups in total. The fourth-order valence-corrected chi connectivity index (χ4v) is 3.15.